The molecule has 4 rings (SSSR count). The van der Waals surface area contributed by atoms with Crippen molar-refractivity contribution in [3.63, 3.8) is 0 Å². The van der Waals surface area contributed by atoms with E-state index in [2.05, 4.69) is 14.9 Å². The fraction of sp³-hybridized carbons (Fsp3) is 0.304. The Balaban J connectivity index is 1.48. The quantitative estimate of drug-likeness (QED) is 0.387. The molecule has 2 heterocycles. The van der Waals surface area contributed by atoms with E-state index in [-0.39, 0.29) is 20.6 Å². The molecular formula is C23H24Cl2N4O4S3. The maximum atomic E-state index is 12.8. The lowest BCUT2D eigenvalue weighted by Crippen LogP contribution is -2.35. The summed E-state index contributed by atoms with van der Waals surface area (Å²) in [6, 6.07) is 11.0. The summed E-state index contributed by atoms with van der Waals surface area (Å²) in [5, 5.41) is 9.09. The van der Waals surface area contributed by atoms with Gasteiger partial charge in [0.1, 0.15) is 9.92 Å². The molecule has 3 aromatic rings. The smallest absolute Gasteiger partial charge is 0.262 e. The number of aromatic nitrogens is 2. The third-order valence-electron chi connectivity index (χ3n) is 5.67. The van der Waals surface area contributed by atoms with Gasteiger partial charge in [0, 0.05) is 23.0 Å². The molecule has 13 heteroatoms. The molecule has 0 radical (unpaired) electrons. The average molecular weight is 588 g/mol. The maximum Gasteiger partial charge on any atom is 0.264 e. The standard InChI is InChI=1S/C23H24Cl2N4O4S3/c1-15-12-21(20(25)14-19(15)24)35(30,31)28-22-13-16(2)23(27-26-22)34-17-6-8-18(9-7-17)36(32,33)29-10-4-3-5-11-29/h6-9,12-14H,3-5,10-11H2,1-2H3,(H,26,28). The molecule has 2 aromatic carbocycles. The molecule has 1 fully saturated rings. The summed E-state index contributed by atoms with van der Waals surface area (Å²) in [6.07, 6.45) is 2.81. The molecule has 1 aliphatic heterocycles. The number of hydrogen-bond acceptors (Lipinski definition) is 7. The van der Waals surface area contributed by atoms with Gasteiger partial charge in [0.15, 0.2) is 5.82 Å². The van der Waals surface area contributed by atoms with Gasteiger partial charge in [0.25, 0.3) is 10.0 Å². The van der Waals surface area contributed by atoms with Crippen LogP contribution in [0.25, 0.3) is 0 Å². The first kappa shape index (κ1) is 27.2. The van der Waals surface area contributed by atoms with Gasteiger partial charge in [-0.3, -0.25) is 4.72 Å². The molecule has 0 spiro atoms. The van der Waals surface area contributed by atoms with Crippen LogP contribution in [0.1, 0.15) is 30.4 Å². The lowest BCUT2D eigenvalue weighted by molar-refractivity contribution is 0.346. The van der Waals surface area contributed by atoms with Gasteiger partial charge < -0.3 is 0 Å². The molecule has 0 atom stereocenters. The van der Waals surface area contributed by atoms with Gasteiger partial charge in [-0.2, -0.15) is 4.31 Å². The Morgan fingerprint density at radius 3 is 2.17 bits per heavy atom. The minimum Gasteiger partial charge on any atom is -0.262 e. The van der Waals surface area contributed by atoms with Crippen molar-refractivity contribution in [2.75, 3.05) is 17.8 Å². The molecule has 192 valence electrons. The molecule has 1 saturated heterocycles. The number of benzene rings is 2. The van der Waals surface area contributed by atoms with Gasteiger partial charge in [-0.15, -0.1) is 10.2 Å². The summed E-state index contributed by atoms with van der Waals surface area (Å²) in [5.74, 6) is 0.0449. The highest BCUT2D eigenvalue weighted by atomic mass is 35.5. The Morgan fingerprint density at radius 2 is 1.53 bits per heavy atom. The van der Waals surface area contributed by atoms with E-state index in [1.807, 2.05) is 0 Å². The number of nitrogens with one attached hydrogen (secondary N) is 1. The van der Waals surface area contributed by atoms with Gasteiger partial charge in [0.2, 0.25) is 10.0 Å². The number of nitrogens with zero attached hydrogens (tertiary/aromatic N) is 3. The zero-order valence-corrected chi connectivity index (χ0v) is 23.5. The van der Waals surface area contributed by atoms with Gasteiger partial charge in [0.05, 0.1) is 9.92 Å². The molecule has 0 aliphatic carbocycles. The predicted octanol–water partition coefficient (Wildman–Crippen LogP) is 5.53. The van der Waals surface area contributed by atoms with E-state index in [4.69, 9.17) is 23.2 Å². The van der Waals surface area contributed by atoms with Crippen LogP contribution in [0, 0.1) is 13.8 Å². The molecular weight excluding hydrogens is 563 g/mol. The van der Waals surface area contributed by atoms with Crippen LogP contribution in [0.4, 0.5) is 5.82 Å². The van der Waals surface area contributed by atoms with Crippen LogP contribution in [-0.4, -0.2) is 44.4 Å². The Labute approximate surface area is 225 Å². The molecule has 0 saturated carbocycles. The molecule has 0 unspecified atom stereocenters. The second kappa shape index (κ2) is 10.8. The first-order chi connectivity index (χ1) is 17.0. The van der Waals surface area contributed by atoms with Crippen molar-refractivity contribution in [3.05, 3.63) is 63.6 Å². The minimum absolute atomic E-state index is 0.000653. The first-order valence-electron chi connectivity index (χ1n) is 11.1. The normalized spacial score (nSPS) is 15.1. The molecule has 0 amide bonds. The highest BCUT2D eigenvalue weighted by Crippen LogP contribution is 2.32. The minimum atomic E-state index is -4.01. The Bertz CT molecular complexity index is 1490. The first-order valence-corrected chi connectivity index (χ1v) is 15.6. The van der Waals surface area contributed by atoms with Gasteiger partial charge in [-0.1, -0.05) is 41.4 Å². The van der Waals surface area contributed by atoms with E-state index in [1.54, 1.807) is 44.2 Å². The third kappa shape index (κ3) is 5.98. The zero-order chi connectivity index (χ0) is 26.1. The van der Waals surface area contributed by atoms with Crippen LogP contribution in [0.2, 0.25) is 10.0 Å². The fourth-order valence-corrected chi connectivity index (χ4v) is 7.83. The predicted molar refractivity (Wildman–Crippen MR) is 142 cm³/mol. The molecule has 1 aromatic heterocycles. The van der Waals surface area contributed by atoms with Crippen molar-refractivity contribution in [2.45, 2.75) is 52.8 Å². The number of aryl methyl sites for hydroxylation is 2. The Kier molecular flexibility index (Phi) is 8.18. The van der Waals surface area contributed by atoms with Crippen LogP contribution < -0.4 is 4.72 Å². The summed E-state index contributed by atoms with van der Waals surface area (Å²) < 4.78 is 55.3. The van der Waals surface area contributed by atoms with Crippen molar-refractivity contribution in [1.29, 1.82) is 0 Å². The third-order valence-corrected chi connectivity index (χ3v) is 10.9. The van der Waals surface area contributed by atoms with Crippen LogP contribution in [0.5, 0.6) is 0 Å². The molecule has 8 nitrogen and oxygen atoms in total. The average Bonchev–Trinajstić information content (AvgIpc) is 2.83. The largest absolute Gasteiger partial charge is 0.264 e. The van der Waals surface area contributed by atoms with Crippen molar-refractivity contribution in [1.82, 2.24) is 14.5 Å². The summed E-state index contributed by atoms with van der Waals surface area (Å²) in [7, 11) is -7.51. The maximum absolute atomic E-state index is 12.8. The highest BCUT2D eigenvalue weighted by molar-refractivity contribution is 7.99. The second-order valence-electron chi connectivity index (χ2n) is 8.39. The molecule has 1 N–H and O–H groups in total. The topological polar surface area (TPSA) is 109 Å². The highest BCUT2D eigenvalue weighted by Gasteiger charge is 2.26. The summed E-state index contributed by atoms with van der Waals surface area (Å²) in [4.78, 5) is 0.933. The SMILES string of the molecule is Cc1cc(S(=O)(=O)Nc2cc(C)c(Sc3ccc(S(=O)(=O)N4CCCCC4)cc3)nn2)c(Cl)cc1Cl. The van der Waals surface area contributed by atoms with E-state index in [9.17, 15) is 16.8 Å². The van der Waals surface area contributed by atoms with Crippen LogP contribution >= 0.6 is 35.0 Å². The number of anilines is 1. The summed E-state index contributed by atoms with van der Waals surface area (Å²) in [5.41, 5.74) is 1.27. The van der Waals surface area contributed by atoms with Crippen LogP contribution in [0.3, 0.4) is 0 Å². The molecule has 0 bridgehead atoms. The lowest BCUT2D eigenvalue weighted by atomic mass is 10.2. The Morgan fingerprint density at radius 1 is 0.861 bits per heavy atom. The van der Waals surface area contributed by atoms with E-state index in [0.717, 1.165) is 24.2 Å². The van der Waals surface area contributed by atoms with Crippen molar-refractivity contribution in [2.24, 2.45) is 0 Å². The van der Waals surface area contributed by atoms with E-state index < -0.39 is 20.0 Å². The van der Waals surface area contributed by atoms with Crippen molar-refractivity contribution < 1.29 is 16.8 Å². The van der Waals surface area contributed by atoms with E-state index in [0.29, 0.717) is 34.3 Å². The number of sulfonamides is 2. The van der Waals surface area contributed by atoms with E-state index in [1.165, 1.54) is 28.2 Å². The van der Waals surface area contributed by atoms with Crippen molar-refractivity contribution in [3.8, 4) is 0 Å². The van der Waals surface area contributed by atoms with Gasteiger partial charge in [-0.05, 0) is 80.3 Å². The second-order valence-corrected chi connectivity index (χ2v) is 13.9. The number of rotatable bonds is 7. The monoisotopic (exact) mass is 586 g/mol. The summed E-state index contributed by atoms with van der Waals surface area (Å²) in [6.45, 7) is 4.56. The molecule has 36 heavy (non-hydrogen) atoms. The number of piperidine rings is 1. The molecule has 1 aliphatic rings. The van der Waals surface area contributed by atoms with Gasteiger partial charge >= 0.3 is 0 Å². The van der Waals surface area contributed by atoms with Crippen LogP contribution in [0.15, 0.2) is 62.2 Å². The number of hydrogen-bond donors (Lipinski definition) is 1. The fourth-order valence-electron chi connectivity index (χ4n) is 3.70. The Hall–Kier alpha value is -1.89. The number of halogens is 2. The van der Waals surface area contributed by atoms with Gasteiger partial charge in [-0.25, -0.2) is 16.8 Å². The van der Waals surface area contributed by atoms with E-state index >= 15 is 0 Å². The zero-order valence-electron chi connectivity index (χ0n) is 19.5. The van der Waals surface area contributed by atoms with Crippen LogP contribution in [-0.2, 0) is 20.0 Å². The summed E-state index contributed by atoms with van der Waals surface area (Å²) >= 11 is 13.4. The lowest BCUT2D eigenvalue weighted by Gasteiger charge is -2.25. The van der Waals surface area contributed by atoms with Crippen molar-refractivity contribution >= 4 is 60.8 Å².